The second-order valence-electron chi connectivity index (χ2n) is 7.61. The lowest BCUT2D eigenvalue weighted by atomic mass is 10.0. The largest absolute Gasteiger partial charge is 0.490 e. The van der Waals surface area contributed by atoms with Crippen molar-refractivity contribution >= 4 is 11.9 Å². The molecule has 2 atom stereocenters. The number of likely N-dealkylation sites (tertiary alicyclic amines) is 1. The van der Waals surface area contributed by atoms with Crippen LogP contribution in [0.1, 0.15) is 17.8 Å². The van der Waals surface area contributed by atoms with Gasteiger partial charge >= 0.3 is 24.3 Å². The van der Waals surface area contributed by atoms with Gasteiger partial charge in [0.05, 0.1) is 19.3 Å². The Kier molecular flexibility index (Phi) is 12.2. The summed E-state index contributed by atoms with van der Waals surface area (Å²) >= 11 is 0. The van der Waals surface area contributed by atoms with Crippen molar-refractivity contribution in [3.05, 3.63) is 61.0 Å². The molecular weight excluding hydrogens is 514 g/mol. The number of carboxylic acid groups (broad SMARTS) is 2. The first kappa shape index (κ1) is 31.6. The monoisotopic (exact) mass is 540 g/mol. The number of hydrogen-bond acceptors (Lipinski definition) is 6. The topological polar surface area (TPSA) is 118 Å². The molecule has 2 N–H and O–H groups in total. The molecule has 0 aliphatic carbocycles. The number of rotatable bonds is 7. The highest BCUT2D eigenvalue weighted by Crippen LogP contribution is 2.26. The van der Waals surface area contributed by atoms with Crippen LogP contribution in [-0.4, -0.2) is 79.2 Å². The maximum atomic E-state index is 10.6. The molecule has 1 aliphatic heterocycles. The number of carbonyl (C=O) groups is 2. The van der Waals surface area contributed by atoms with E-state index in [0.717, 1.165) is 31.8 Å². The summed E-state index contributed by atoms with van der Waals surface area (Å²) in [6.45, 7) is 6.24. The number of ether oxygens (including phenoxy) is 1. The third kappa shape index (κ3) is 11.4. The molecule has 0 spiro atoms. The van der Waals surface area contributed by atoms with Crippen LogP contribution < -0.4 is 0 Å². The van der Waals surface area contributed by atoms with Crippen LogP contribution in [0, 0.1) is 0 Å². The Morgan fingerprint density at radius 2 is 1.76 bits per heavy atom. The lowest BCUT2D eigenvalue weighted by Gasteiger charge is -2.28. The van der Waals surface area contributed by atoms with Gasteiger partial charge in [0.25, 0.3) is 0 Å². The van der Waals surface area contributed by atoms with Crippen LogP contribution in [0.2, 0.25) is 0 Å². The number of aliphatic carboxylic acids is 2. The zero-order chi connectivity index (χ0) is 28.2. The molecule has 0 aromatic carbocycles. The van der Waals surface area contributed by atoms with Crippen molar-refractivity contribution in [2.75, 3.05) is 13.2 Å². The van der Waals surface area contributed by atoms with Gasteiger partial charge in [-0.1, -0.05) is 12.1 Å². The molecule has 206 valence electrons. The molecule has 0 bridgehead atoms. The van der Waals surface area contributed by atoms with Gasteiger partial charge in [0, 0.05) is 44.4 Å². The van der Waals surface area contributed by atoms with Gasteiger partial charge in [0.1, 0.15) is 5.82 Å². The summed E-state index contributed by atoms with van der Waals surface area (Å²) in [4.78, 5) is 29.0. The third-order valence-electron chi connectivity index (χ3n) is 4.95. The number of alkyl halides is 6. The van der Waals surface area contributed by atoms with Gasteiger partial charge in [-0.15, -0.1) is 6.58 Å². The van der Waals surface area contributed by atoms with Crippen LogP contribution in [-0.2, 0) is 34.3 Å². The van der Waals surface area contributed by atoms with Gasteiger partial charge in [0.2, 0.25) is 0 Å². The SMILES string of the molecule is C=CCO[C@H]1CCN(Cc2nccn2C)[C@H]1Cc1cccnc1.O=C(O)C(F)(F)F.O=C(O)C(F)(F)F. The Morgan fingerprint density at radius 1 is 1.16 bits per heavy atom. The minimum absolute atomic E-state index is 0.230. The Balaban J connectivity index is 0.000000404. The van der Waals surface area contributed by atoms with Gasteiger partial charge in [-0.2, -0.15) is 26.3 Å². The lowest BCUT2D eigenvalue weighted by Crippen LogP contribution is -2.38. The second-order valence-corrected chi connectivity index (χ2v) is 7.61. The van der Waals surface area contributed by atoms with Crippen molar-refractivity contribution in [3.8, 4) is 0 Å². The van der Waals surface area contributed by atoms with Gasteiger partial charge < -0.3 is 19.5 Å². The summed E-state index contributed by atoms with van der Waals surface area (Å²) in [5.41, 5.74) is 1.25. The van der Waals surface area contributed by atoms with Crippen LogP contribution in [0.5, 0.6) is 0 Å². The number of hydrogen-bond donors (Lipinski definition) is 2. The number of pyridine rings is 1. The summed E-state index contributed by atoms with van der Waals surface area (Å²) < 4.78 is 71.6. The highest BCUT2D eigenvalue weighted by Gasteiger charge is 2.39. The van der Waals surface area contributed by atoms with E-state index in [4.69, 9.17) is 24.5 Å². The molecule has 0 amide bonds. The maximum Gasteiger partial charge on any atom is 0.490 e. The average molecular weight is 540 g/mol. The van der Waals surface area contributed by atoms with Crippen LogP contribution in [0.15, 0.2) is 49.6 Å². The third-order valence-corrected chi connectivity index (χ3v) is 4.95. The van der Waals surface area contributed by atoms with Crippen molar-refractivity contribution in [2.24, 2.45) is 7.05 Å². The number of aryl methyl sites for hydroxylation is 1. The predicted octanol–water partition coefficient (Wildman–Crippen LogP) is 3.47. The van der Waals surface area contributed by atoms with Crippen molar-refractivity contribution in [3.63, 3.8) is 0 Å². The molecule has 2 aromatic heterocycles. The average Bonchev–Trinajstić information content (AvgIpc) is 3.38. The number of nitrogens with zero attached hydrogens (tertiary/aromatic N) is 4. The molecule has 1 aliphatic rings. The minimum Gasteiger partial charge on any atom is -0.475 e. The molecule has 1 fully saturated rings. The Hall–Kier alpha value is -3.46. The number of aromatic nitrogens is 3. The zero-order valence-electron chi connectivity index (χ0n) is 19.6. The van der Waals surface area contributed by atoms with E-state index in [2.05, 4.69) is 32.1 Å². The lowest BCUT2D eigenvalue weighted by molar-refractivity contribution is -0.193. The first-order chi connectivity index (χ1) is 17.2. The highest BCUT2D eigenvalue weighted by atomic mass is 19.4. The molecule has 1 saturated heterocycles. The Labute approximate surface area is 208 Å². The molecule has 9 nitrogen and oxygen atoms in total. The second kappa shape index (κ2) is 14.3. The summed E-state index contributed by atoms with van der Waals surface area (Å²) in [5.74, 6) is -4.43. The molecule has 0 radical (unpaired) electrons. The standard InChI is InChI=1S/C18H24N4O.2C2HF3O2/c1-3-11-23-17-6-9-22(14-18-20-8-10-21(18)2)16(17)12-15-5-4-7-19-13-15;2*3-2(4,5)1(6)7/h3-5,7-8,10,13,16-17H,1,6,9,11-12,14H2,2H3;2*(H,6,7)/t16-,17-;;/m0../s1. The van der Waals surface area contributed by atoms with E-state index in [0.29, 0.717) is 12.6 Å². The normalized spacial score (nSPS) is 17.7. The molecule has 0 unspecified atom stereocenters. The number of carboxylic acids is 2. The summed E-state index contributed by atoms with van der Waals surface area (Å²) in [7, 11) is 2.04. The first-order valence-corrected chi connectivity index (χ1v) is 10.6. The molecule has 2 aromatic rings. The molecule has 3 heterocycles. The predicted molar refractivity (Wildman–Crippen MR) is 117 cm³/mol. The molecule has 0 saturated carbocycles. The zero-order valence-corrected chi connectivity index (χ0v) is 19.6. The first-order valence-electron chi connectivity index (χ1n) is 10.6. The molecule has 15 heteroatoms. The van der Waals surface area contributed by atoms with E-state index >= 15 is 0 Å². The van der Waals surface area contributed by atoms with E-state index in [9.17, 15) is 26.3 Å². The van der Waals surface area contributed by atoms with Crippen molar-refractivity contribution in [1.29, 1.82) is 0 Å². The smallest absolute Gasteiger partial charge is 0.475 e. The number of halogens is 6. The van der Waals surface area contributed by atoms with Crippen LogP contribution in [0.4, 0.5) is 26.3 Å². The van der Waals surface area contributed by atoms with Gasteiger partial charge in [0.15, 0.2) is 0 Å². The fourth-order valence-electron chi connectivity index (χ4n) is 3.22. The quantitative estimate of drug-likeness (QED) is 0.405. The number of imidazole rings is 1. The molecule has 37 heavy (non-hydrogen) atoms. The highest BCUT2D eigenvalue weighted by molar-refractivity contribution is 5.73. The summed E-state index contributed by atoms with van der Waals surface area (Å²) in [5, 5.41) is 14.2. The van der Waals surface area contributed by atoms with Gasteiger partial charge in [-0.25, -0.2) is 14.6 Å². The van der Waals surface area contributed by atoms with E-state index < -0.39 is 24.3 Å². The van der Waals surface area contributed by atoms with Crippen LogP contribution in [0.25, 0.3) is 0 Å². The summed E-state index contributed by atoms with van der Waals surface area (Å²) in [6.07, 6.45) is 1.48. The van der Waals surface area contributed by atoms with Crippen molar-refractivity contribution in [2.45, 2.75) is 43.9 Å². The fourth-order valence-corrected chi connectivity index (χ4v) is 3.22. The fraction of sp³-hybridized carbons (Fsp3) is 0.455. The Bertz CT molecular complexity index is 973. The van der Waals surface area contributed by atoms with E-state index in [1.807, 2.05) is 44.0 Å². The van der Waals surface area contributed by atoms with Crippen molar-refractivity contribution in [1.82, 2.24) is 19.4 Å². The van der Waals surface area contributed by atoms with Crippen LogP contribution in [0.3, 0.4) is 0 Å². The van der Waals surface area contributed by atoms with Crippen molar-refractivity contribution < 1.29 is 50.9 Å². The maximum absolute atomic E-state index is 10.6. The Morgan fingerprint density at radius 3 is 2.19 bits per heavy atom. The minimum atomic E-state index is -5.08. The molecule has 3 rings (SSSR count). The molecular formula is C22H26F6N4O5. The van der Waals surface area contributed by atoms with Gasteiger partial charge in [-0.05, 0) is 24.5 Å². The van der Waals surface area contributed by atoms with Gasteiger partial charge in [-0.3, -0.25) is 9.88 Å². The summed E-state index contributed by atoms with van der Waals surface area (Å²) in [6, 6.07) is 4.47. The van der Waals surface area contributed by atoms with E-state index in [1.165, 1.54) is 5.56 Å². The van der Waals surface area contributed by atoms with E-state index in [-0.39, 0.29) is 6.10 Å². The van der Waals surface area contributed by atoms with E-state index in [1.54, 1.807) is 0 Å². The van der Waals surface area contributed by atoms with Crippen LogP contribution >= 0.6 is 0 Å².